The number of carbonyl (C=O) groups excluding carboxylic acids is 1. The maximum Gasteiger partial charge on any atom is 0.257 e. The molecule has 2 N–H and O–H groups in total. The zero-order valence-electron chi connectivity index (χ0n) is 18.0. The summed E-state index contributed by atoms with van der Waals surface area (Å²) < 4.78 is 27.5. The Bertz CT molecular complexity index is 1420. The van der Waals surface area contributed by atoms with Crippen molar-refractivity contribution >= 4 is 43.3 Å². The van der Waals surface area contributed by atoms with Crippen LogP contribution in [0.4, 0.5) is 5.13 Å². The molecule has 2 aromatic carbocycles. The number of nitrogens with one attached hydrogen (secondary N) is 2. The summed E-state index contributed by atoms with van der Waals surface area (Å²) in [4.78, 5) is 22.9. The number of thiazole rings is 1. The number of H-pyrrole nitrogens is 1. The summed E-state index contributed by atoms with van der Waals surface area (Å²) in [5.41, 5.74) is 3.01. The third kappa shape index (κ3) is 4.30. The van der Waals surface area contributed by atoms with Crippen LogP contribution < -0.4 is 5.32 Å². The number of amides is 1. The number of aromatic amines is 1. The van der Waals surface area contributed by atoms with Crippen molar-refractivity contribution in [2.75, 3.05) is 38.5 Å². The average molecular weight is 482 g/mol. The van der Waals surface area contributed by atoms with Gasteiger partial charge >= 0.3 is 0 Å². The molecule has 3 heterocycles. The first-order chi connectivity index (χ1) is 15.9. The SMILES string of the molecule is CN1CCN(S(=O)(=O)c2cccc(C(=O)Nc3nc(-c4c[nH]c5ccccc45)cs3)c2)CC1. The Hall–Kier alpha value is -3.05. The summed E-state index contributed by atoms with van der Waals surface area (Å²) in [5, 5.41) is 6.19. The molecule has 0 spiro atoms. The Morgan fingerprint density at radius 1 is 1.09 bits per heavy atom. The van der Waals surface area contributed by atoms with Crippen LogP contribution in [0.25, 0.3) is 22.2 Å². The van der Waals surface area contributed by atoms with E-state index < -0.39 is 15.9 Å². The van der Waals surface area contributed by atoms with E-state index in [0.29, 0.717) is 31.3 Å². The van der Waals surface area contributed by atoms with Crippen molar-refractivity contribution in [3.63, 3.8) is 0 Å². The molecule has 33 heavy (non-hydrogen) atoms. The number of para-hydroxylation sites is 1. The highest BCUT2D eigenvalue weighted by atomic mass is 32.2. The van der Waals surface area contributed by atoms with Gasteiger partial charge in [-0.25, -0.2) is 13.4 Å². The van der Waals surface area contributed by atoms with E-state index in [4.69, 9.17) is 0 Å². The highest BCUT2D eigenvalue weighted by Gasteiger charge is 2.28. The maximum absolute atomic E-state index is 13.0. The fraction of sp³-hybridized carbons (Fsp3) is 0.217. The van der Waals surface area contributed by atoms with Crippen molar-refractivity contribution in [3.8, 4) is 11.3 Å². The van der Waals surface area contributed by atoms with Crippen molar-refractivity contribution in [1.29, 1.82) is 0 Å². The van der Waals surface area contributed by atoms with Crippen molar-refractivity contribution in [1.82, 2.24) is 19.2 Å². The zero-order chi connectivity index (χ0) is 23.0. The average Bonchev–Trinajstić information content (AvgIpc) is 3.46. The van der Waals surface area contributed by atoms with Gasteiger partial charge in [-0.1, -0.05) is 24.3 Å². The Morgan fingerprint density at radius 3 is 2.70 bits per heavy atom. The fourth-order valence-corrected chi connectivity index (χ4v) is 6.06. The van der Waals surface area contributed by atoms with Gasteiger partial charge in [-0.3, -0.25) is 10.1 Å². The van der Waals surface area contributed by atoms with Crippen LogP contribution in [0.3, 0.4) is 0 Å². The molecule has 5 rings (SSSR count). The molecule has 0 atom stereocenters. The van der Waals surface area contributed by atoms with Crippen LogP contribution in [0, 0.1) is 0 Å². The summed E-state index contributed by atoms with van der Waals surface area (Å²) >= 11 is 1.32. The van der Waals surface area contributed by atoms with Crippen molar-refractivity contribution in [2.45, 2.75) is 4.90 Å². The van der Waals surface area contributed by atoms with Crippen molar-refractivity contribution in [3.05, 3.63) is 65.7 Å². The van der Waals surface area contributed by atoms with E-state index >= 15 is 0 Å². The molecule has 4 aromatic rings. The Kier molecular flexibility index (Phi) is 5.75. The van der Waals surface area contributed by atoms with Crippen LogP contribution >= 0.6 is 11.3 Å². The van der Waals surface area contributed by atoms with Gasteiger partial charge in [-0.2, -0.15) is 4.31 Å². The monoisotopic (exact) mass is 481 g/mol. The number of hydrogen-bond acceptors (Lipinski definition) is 6. The summed E-state index contributed by atoms with van der Waals surface area (Å²) in [6, 6.07) is 14.1. The second kappa shape index (κ2) is 8.71. The highest BCUT2D eigenvalue weighted by molar-refractivity contribution is 7.89. The van der Waals surface area contributed by atoms with Crippen LogP contribution in [-0.2, 0) is 10.0 Å². The quantitative estimate of drug-likeness (QED) is 0.455. The predicted molar refractivity (Wildman–Crippen MR) is 130 cm³/mol. The van der Waals surface area contributed by atoms with Gasteiger partial charge in [-0.15, -0.1) is 11.3 Å². The van der Waals surface area contributed by atoms with E-state index in [0.717, 1.165) is 22.2 Å². The van der Waals surface area contributed by atoms with Gasteiger partial charge in [0.05, 0.1) is 10.6 Å². The number of nitrogens with zero attached hydrogens (tertiary/aromatic N) is 3. The molecule has 8 nitrogen and oxygen atoms in total. The summed E-state index contributed by atoms with van der Waals surface area (Å²) in [6.07, 6.45) is 1.90. The summed E-state index contributed by atoms with van der Waals surface area (Å²) in [6.45, 7) is 2.24. The molecule has 0 radical (unpaired) electrons. The molecule has 170 valence electrons. The van der Waals surface area contributed by atoms with Crippen LogP contribution in [0.5, 0.6) is 0 Å². The molecule has 2 aromatic heterocycles. The fourth-order valence-electron chi connectivity index (χ4n) is 3.88. The molecular weight excluding hydrogens is 458 g/mol. The maximum atomic E-state index is 13.0. The standard InChI is InChI=1S/C23H23N5O3S2/c1-27-9-11-28(12-10-27)33(30,31)17-6-4-5-16(13-17)22(29)26-23-25-21(15-32-23)19-14-24-20-8-3-2-7-18(19)20/h2-8,13-15,24H,9-12H2,1H3,(H,25,26,29). The van der Waals surface area contributed by atoms with Gasteiger partial charge in [0.25, 0.3) is 5.91 Å². The molecule has 1 amide bonds. The normalized spacial score (nSPS) is 15.7. The first kappa shape index (κ1) is 21.8. The number of sulfonamides is 1. The summed E-state index contributed by atoms with van der Waals surface area (Å²) in [5.74, 6) is -0.398. The number of carbonyl (C=O) groups is 1. The molecule has 1 aliphatic rings. The van der Waals surface area contributed by atoms with Crippen molar-refractivity contribution in [2.24, 2.45) is 0 Å². The van der Waals surface area contributed by atoms with Crippen LogP contribution in [0.2, 0.25) is 0 Å². The van der Waals surface area contributed by atoms with E-state index in [-0.39, 0.29) is 10.5 Å². The Morgan fingerprint density at radius 2 is 1.88 bits per heavy atom. The van der Waals surface area contributed by atoms with E-state index in [1.54, 1.807) is 12.1 Å². The highest BCUT2D eigenvalue weighted by Crippen LogP contribution is 2.31. The minimum atomic E-state index is -3.65. The second-order valence-electron chi connectivity index (χ2n) is 7.98. The first-order valence-corrected chi connectivity index (χ1v) is 12.9. The largest absolute Gasteiger partial charge is 0.360 e. The van der Waals surface area contributed by atoms with Crippen LogP contribution in [0.15, 0.2) is 65.0 Å². The molecule has 10 heteroatoms. The number of anilines is 1. The van der Waals surface area contributed by atoms with Crippen molar-refractivity contribution < 1.29 is 13.2 Å². The molecule has 1 saturated heterocycles. The number of fused-ring (bicyclic) bond motifs is 1. The van der Waals surface area contributed by atoms with Gasteiger partial charge in [0, 0.05) is 59.8 Å². The molecule has 0 aliphatic carbocycles. The van der Waals surface area contributed by atoms with E-state index in [2.05, 4.69) is 20.2 Å². The van der Waals surface area contributed by atoms with Gasteiger partial charge in [0.1, 0.15) is 0 Å². The second-order valence-corrected chi connectivity index (χ2v) is 10.8. The third-order valence-electron chi connectivity index (χ3n) is 5.79. The first-order valence-electron chi connectivity index (χ1n) is 10.5. The van der Waals surface area contributed by atoms with Gasteiger partial charge < -0.3 is 9.88 Å². The van der Waals surface area contributed by atoms with Gasteiger partial charge in [0.15, 0.2) is 5.13 Å². The summed E-state index contributed by atoms with van der Waals surface area (Å²) in [7, 11) is -1.68. The number of likely N-dealkylation sites (N-methyl/N-ethyl adjacent to an activating group) is 1. The number of benzene rings is 2. The van der Waals surface area contributed by atoms with Crippen LogP contribution in [0.1, 0.15) is 10.4 Å². The van der Waals surface area contributed by atoms with Gasteiger partial charge in [0.2, 0.25) is 10.0 Å². The number of rotatable bonds is 5. The Balaban J connectivity index is 1.34. The lowest BCUT2D eigenvalue weighted by Crippen LogP contribution is -2.47. The molecule has 0 saturated carbocycles. The predicted octanol–water partition coefficient (Wildman–Crippen LogP) is 3.48. The lowest BCUT2D eigenvalue weighted by molar-refractivity contribution is 0.102. The smallest absolute Gasteiger partial charge is 0.257 e. The number of hydrogen-bond donors (Lipinski definition) is 2. The number of piperazine rings is 1. The van der Waals surface area contributed by atoms with E-state index in [1.165, 1.54) is 27.8 Å². The lowest BCUT2D eigenvalue weighted by Gasteiger charge is -2.31. The van der Waals surface area contributed by atoms with E-state index in [1.807, 2.05) is 42.9 Å². The molecule has 0 unspecified atom stereocenters. The topological polar surface area (TPSA) is 98.4 Å². The van der Waals surface area contributed by atoms with E-state index in [9.17, 15) is 13.2 Å². The molecule has 1 fully saturated rings. The molecular formula is C23H23N5O3S2. The van der Waals surface area contributed by atoms with Gasteiger partial charge in [-0.05, 0) is 31.3 Å². The molecule has 0 bridgehead atoms. The molecule has 1 aliphatic heterocycles. The minimum Gasteiger partial charge on any atom is -0.360 e. The minimum absolute atomic E-state index is 0.123. The number of aromatic nitrogens is 2. The van der Waals surface area contributed by atoms with Crippen LogP contribution in [-0.4, -0.2) is 66.7 Å². The third-order valence-corrected chi connectivity index (χ3v) is 8.44. The zero-order valence-corrected chi connectivity index (χ0v) is 19.6. The lowest BCUT2D eigenvalue weighted by atomic mass is 10.1. The Labute approximate surface area is 195 Å².